The van der Waals surface area contributed by atoms with Crippen molar-refractivity contribution in [3.63, 3.8) is 0 Å². The van der Waals surface area contributed by atoms with Gasteiger partial charge >= 0.3 is 0 Å². The lowest BCUT2D eigenvalue weighted by Crippen LogP contribution is -2.01. The van der Waals surface area contributed by atoms with Gasteiger partial charge in [-0.2, -0.15) is 0 Å². The minimum atomic E-state index is 0.278. The number of allylic oxidation sites excluding steroid dienone is 2. The molecule has 0 amide bonds. The zero-order chi connectivity index (χ0) is 13.1. The van der Waals surface area contributed by atoms with Gasteiger partial charge in [0.05, 0.1) is 0 Å². The number of ketones is 1. The van der Waals surface area contributed by atoms with E-state index in [-0.39, 0.29) is 5.78 Å². The van der Waals surface area contributed by atoms with E-state index in [9.17, 15) is 4.79 Å². The van der Waals surface area contributed by atoms with E-state index >= 15 is 0 Å². The van der Waals surface area contributed by atoms with Crippen molar-refractivity contribution >= 4 is 35.4 Å². The molecule has 98 valence electrons. The zero-order valence-electron chi connectivity index (χ0n) is 10.7. The molecule has 0 radical (unpaired) electrons. The van der Waals surface area contributed by atoms with Crippen molar-refractivity contribution in [3.05, 3.63) is 51.3 Å². The number of hydrogen-bond acceptors (Lipinski definition) is 3. The first-order valence-electron chi connectivity index (χ1n) is 6.63. The summed E-state index contributed by atoms with van der Waals surface area (Å²) in [6.45, 7) is 0. The molecule has 0 unspecified atom stereocenters. The molecule has 1 saturated carbocycles. The zero-order valence-corrected chi connectivity index (χ0v) is 12.4. The quantitative estimate of drug-likeness (QED) is 0.708. The first-order chi connectivity index (χ1) is 9.34. The average Bonchev–Trinajstić information content (AvgIpc) is 2.82. The van der Waals surface area contributed by atoms with E-state index < -0.39 is 0 Å². The summed E-state index contributed by atoms with van der Waals surface area (Å²) >= 11 is 3.73. The molecule has 0 spiro atoms. The molecule has 0 atom stereocenters. The van der Waals surface area contributed by atoms with Crippen LogP contribution in [0.15, 0.2) is 45.7 Å². The third-order valence-electron chi connectivity index (χ3n) is 3.35. The number of carbonyl (C=O) groups is 1. The second-order valence-corrected chi connectivity index (χ2v) is 7.19. The summed E-state index contributed by atoms with van der Waals surface area (Å²) in [4.78, 5) is 12.5. The molecule has 1 aromatic carbocycles. The van der Waals surface area contributed by atoms with Crippen LogP contribution in [0.25, 0.3) is 6.08 Å². The molecule has 2 fully saturated rings. The molecule has 3 heteroatoms. The van der Waals surface area contributed by atoms with Crippen molar-refractivity contribution < 1.29 is 4.79 Å². The predicted octanol–water partition coefficient (Wildman–Crippen LogP) is 4.51. The molecular formula is C16H16OS2. The highest BCUT2D eigenvalue weighted by Crippen LogP contribution is 2.42. The summed E-state index contributed by atoms with van der Waals surface area (Å²) in [5.74, 6) is 2.61. The Morgan fingerprint density at radius 3 is 2.47 bits per heavy atom. The van der Waals surface area contributed by atoms with E-state index in [2.05, 4.69) is 12.1 Å². The van der Waals surface area contributed by atoms with E-state index in [1.54, 1.807) is 0 Å². The fourth-order valence-corrected chi connectivity index (χ4v) is 5.07. The minimum absolute atomic E-state index is 0.278. The van der Waals surface area contributed by atoms with Crippen LogP contribution in [0.5, 0.6) is 0 Å². The van der Waals surface area contributed by atoms with Gasteiger partial charge in [0.2, 0.25) is 0 Å². The van der Waals surface area contributed by atoms with Crippen molar-refractivity contribution in [3.8, 4) is 0 Å². The fourth-order valence-electron chi connectivity index (χ4n) is 2.37. The van der Waals surface area contributed by atoms with E-state index in [0.29, 0.717) is 0 Å². The van der Waals surface area contributed by atoms with Crippen LogP contribution in [0.4, 0.5) is 0 Å². The van der Waals surface area contributed by atoms with Crippen molar-refractivity contribution in [2.24, 2.45) is 0 Å². The van der Waals surface area contributed by atoms with E-state index in [1.807, 2.05) is 47.8 Å². The molecule has 19 heavy (non-hydrogen) atoms. The molecule has 2 aliphatic rings. The van der Waals surface area contributed by atoms with Crippen molar-refractivity contribution in [2.75, 3.05) is 11.5 Å². The smallest absolute Gasteiger partial charge is 0.186 e. The fraction of sp³-hybridized carbons (Fsp3) is 0.312. The first-order valence-corrected chi connectivity index (χ1v) is 8.61. The van der Waals surface area contributed by atoms with E-state index in [0.717, 1.165) is 41.1 Å². The lowest BCUT2D eigenvalue weighted by molar-refractivity contribution is -0.111. The molecule has 1 aromatic rings. The van der Waals surface area contributed by atoms with Crippen LogP contribution >= 0.6 is 23.5 Å². The first kappa shape index (κ1) is 13.1. The summed E-state index contributed by atoms with van der Waals surface area (Å²) in [5.41, 5.74) is 3.17. The van der Waals surface area contributed by atoms with Crippen LogP contribution in [0.3, 0.4) is 0 Å². The largest absolute Gasteiger partial charge is 0.289 e. The predicted molar refractivity (Wildman–Crippen MR) is 85.2 cm³/mol. The van der Waals surface area contributed by atoms with Crippen molar-refractivity contribution in [1.29, 1.82) is 0 Å². The van der Waals surface area contributed by atoms with Gasteiger partial charge in [-0.15, -0.1) is 23.5 Å². The lowest BCUT2D eigenvalue weighted by atomic mass is 10.1. The Bertz CT molecular complexity index is 535. The molecule has 0 aromatic heterocycles. The summed E-state index contributed by atoms with van der Waals surface area (Å²) in [6.07, 6.45) is 5.13. The second-order valence-electron chi connectivity index (χ2n) is 4.73. The maximum atomic E-state index is 12.5. The molecular weight excluding hydrogens is 272 g/mol. The van der Waals surface area contributed by atoms with Gasteiger partial charge in [0.1, 0.15) is 0 Å². The number of thioether (sulfide) groups is 2. The van der Waals surface area contributed by atoms with Gasteiger partial charge in [-0.1, -0.05) is 30.3 Å². The Morgan fingerprint density at radius 1 is 1.00 bits per heavy atom. The monoisotopic (exact) mass is 288 g/mol. The molecule has 0 N–H and O–H groups in total. The van der Waals surface area contributed by atoms with Gasteiger partial charge in [0, 0.05) is 15.4 Å². The Morgan fingerprint density at radius 2 is 1.74 bits per heavy atom. The van der Waals surface area contributed by atoms with Crippen molar-refractivity contribution in [2.45, 2.75) is 19.3 Å². The standard InChI is InChI=1S/C16H16OS2/c17-15-13(11-12-5-2-1-3-6-12)7-8-14(15)16-18-9-4-10-19-16/h1-3,5-6,11H,4,7-10H2. The number of rotatable bonds is 1. The third kappa shape index (κ3) is 2.98. The number of carbonyl (C=O) groups excluding carboxylic acids is 1. The van der Waals surface area contributed by atoms with E-state index in [4.69, 9.17) is 0 Å². The van der Waals surface area contributed by atoms with E-state index in [1.165, 1.54) is 10.7 Å². The molecule has 0 bridgehead atoms. The molecule has 1 saturated heterocycles. The summed E-state index contributed by atoms with van der Waals surface area (Å²) in [6, 6.07) is 10.1. The normalized spacial score (nSPS) is 22.3. The average molecular weight is 288 g/mol. The van der Waals surface area contributed by atoms with Gasteiger partial charge in [-0.25, -0.2) is 0 Å². The Kier molecular flexibility index (Phi) is 4.14. The molecule has 1 aliphatic heterocycles. The summed E-state index contributed by atoms with van der Waals surface area (Å²) < 4.78 is 1.28. The van der Waals surface area contributed by atoms with Crippen molar-refractivity contribution in [1.82, 2.24) is 0 Å². The van der Waals surface area contributed by atoms with Crippen LogP contribution in [0, 0.1) is 0 Å². The Labute approximate surface area is 122 Å². The van der Waals surface area contributed by atoms with Crippen LogP contribution in [0.2, 0.25) is 0 Å². The Hall–Kier alpha value is -0.930. The topological polar surface area (TPSA) is 17.1 Å². The SMILES string of the molecule is O=C1C(=Cc2ccccc2)CCC1=C1SCCCS1. The molecule has 3 rings (SSSR count). The van der Waals surface area contributed by atoms with Crippen LogP contribution < -0.4 is 0 Å². The van der Waals surface area contributed by atoms with Gasteiger partial charge in [-0.05, 0) is 42.4 Å². The van der Waals surface area contributed by atoms with Gasteiger partial charge in [0.25, 0.3) is 0 Å². The molecule has 1 nitrogen and oxygen atoms in total. The summed E-state index contributed by atoms with van der Waals surface area (Å²) in [5, 5.41) is 0. The van der Waals surface area contributed by atoms with Gasteiger partial charge in [-0.3, -0.25) is 4.79 Å². The number of Topliss-reactive ketones (excluding diaryl/α,β-unsaturated/α-hetero) is 1. The number of hydrogen-bond donors (Lipinski definition) is 0. The second kappa shape index (κ2) is 6.02. The highest BCUT2D eigenvalue weighted by molar-refractivity contribution is 8.22. The molecule has 1 aliphatic carbocycles. The van der Waals surface area contributed by atoms with Crippen LogP contribution in [-0.4, -0.2) is 17.3 Å². The maximum absolute atomic E-state index is 12.5. The minimum Gasteiger partial charge on any atom is -0.289 e. The highest BCUT2D eigenvalue weighted by atomic mass is 32.2. The van der Waals surface area contributed by atoms with Gasteiger partial charge in [0.15, 0.2) is 5.78 Å². The highest BCUT2D eigenvalue weighted by Gasteiger charge is 2.27. The van der Waals surface area contributed by atoms with Crippen LogP contribution in [0.1, 0.15) is 24.8 Å². The lowest BCUT2D eigenvalue weighted by Gasteiger charge is -2.14. The number of benzene rings is 1. The third-order valence-corrected chi connectivity index (χ3v) is 6.06. The molecule has 1 heterocycles. The maximum Gasteiger partial charge on any atom is 0.186 e. The van der Waals surface area contributed by atoms with Crippen LogP contribution in [-0.2, 0) is 4.79 Å². The summed E-state index contributed by atoms with van der Waals surface area (Å²) in [7, 11) is 0. The Balaban J connectivity index is 1.84. The van der Waals surface area contributed by atoms with Gasteiger partial charge < -0.3 is 0 Å².